The lowest BCUT2D eigenvalue weighted by Gasteiger charge is -2.00. The minimum atomic E-state index is -1.13. The van der Waals surface area contributed by atoms with Gasteiger partial charge in [-0.1, -0.05) is 23.2 Å². The van der Waals surface area contributed by atoms with E-state index in [2.05, 4.69) is 5.10 Å². The molecule has 1 aromatic heterocycles. The van der Waals surface area contributed by atoms with Crippen LogP contribution < -0.4 is 11.2 Å². The number of hydrazone groups is 1. The van der Waals surface area contributed by atoms with E-state index in [-0.39, 0.29) is 0 Å². The summed E-state index contributed by atoms with van der Waals surface area (Å²) in [4.78, 5) is 21.4. The minimum Gasteiger partial charge on any atom is -0.455 e. The molecule has 0 spiro atoms. The van der Waals surface area contributed by atoms with Crippen molar-refractivity contribution in [1.82, 2.24) is 5.43 Å². The Balaban J connectivity index is 2.15. The highest BCUT2D eigenvalue weighted by Gasteiger charge is 2.09. The lowest BCUT2D eigenvalue weighted by atomic mass is 10.2. The first-order chi connectivity index (χ1) is 9.97. The number of furan rings is 1. The van der Waals surface area contributed by atoms with Crippen molar-refractivity contribution in [3.05, 3.63) is 46.1 Å². The Bertz CT molecular complexity index is 725. The number of halogens is 2. The van der Waals surface area contributed by atoms with Gasteiger partial charge in [0.1, 0.15) is 11.5 Å². The first kappa shape index (κ1) is 15.1. The topological polar surface area (TPSA) is 97.7 Å². The number of rotatable bonds is 3. The number of benzene rings is 1. The highest BCUT2D eigenvalue weighted by molar-refractivity contribution is 6.35. The SMILES string of the molecule is NC(=O)C(=O)N/N=C/c1ccc(-c2cc(Cl)ccc2Cl)o1. The van der Waals surface area contributed by atoms with E-state index in [0.717, 1.165) is 0 Å². The van der Waals surface area contributed by atoms with Crippen molar-refractivity contribution < 1.29 is 14.0 Å². The lowest BCUT2D eigenvalue weighted by Crippen LogP contribution is -2.32. The third-order valence-electron chi connectivity index (χ3n) is 2.40. The predicted molar refractivity (Wildman–Crippen MR) is 79.1 cm³/mol. The van der Waals surface area contributed by atoms with Crippen LogP contribution in [0.2, 0.25) is 10.0 Å². The van der Waals surface area contributed by atoms with Crippen molar-refractivity contribution in [2.24, 2.45) is 10.8 Å². The number of nitrogens with two attached hydrogens (primary N) is 1. The number of carbonyl (C=O) groups is 2. The fourth-order valence-electron chi connectivity index (χ4n) is 1.46. The molecule has 3 N–H and O–H groups in total. The van der Waals surface area contributed by atoms with Gasteiger partial charge in [-0.25, -0.2) is 5.43 Å². The van der Waals surface area contributed by atoms with E-state index >= 15 is 0 Å². The van der Waals surface area contributed by atoms with Crippen molar-refractivity contribution in [3.8, 4) is 11.3 Å². The van der Waals surface area contributed by atoms with Crippen LogP contribution in [-0.2, 0) is 9.59 Å². The third-order valence-corrected chi connectivity index (χ3v) is 2.97. The molecule has 0 saturated carbocycles. The van der Waals surface area contributed by atoms with Gasteiger partial charge in [0.2, 0.25) is 0 Å². The second-order valence-corrected chi connectivity index (χ2v) is 4.73. The van der Waals surface area contributed by atoms with Crippen LogP contribution in [0.3, 0.4) is 0 Å². The maximum absolute atomic E-state index is 10.9. The number of hydrogen-bond acceptors (Lipinski definition) is 4. The summed E-state index contributed by atoms with van der Waals surface area (Å²) < 4.78 is 5.49. The molecular weight excluding hydrogens is 317 g/mol. The van der Waals surface area contributed by atoms with Gasteiger partial charge in [0.25, 0.3) is 0 Å². The van der Waals surface area contributed by atoms with Crippen molar-refractivity contribution in [2.45, 2.75) is 0 Å². The first-order valence-electron chi connectivity index (χ1n) is 5.65. The normalized spacial score (nSPS) is 10.8. The van der Waals surface area contributed by atoms with Gasteiger partial charge in [0.05, 0.1) is 11.2 Å². The van der Waals surface area contributed by atoms with E-state index in [1.165, 1.54) is 6.21 Å². The van der Waals surface area contributed by atoms with Crippen LogP contribution in [0.1, 0.15) is 5.76 Å². The minimum absolute atomic E-state index is 0.353. The van der Waals surface area contributed by atoms with Gasteiger partial charge in [-0.05, 0) is 30.3 Å². The molecule has 2 rings (SSSR count). The van der Waals surface area contributed by atoms with Crippen molar-refractivity contribution in [3.63, 3.8) is 0 Å². The average molecular weight is 326 g/mol. The molecular formula is C13H9Cl2N3O3. The number of carbonyl (C=O) groups excluding carboxylic acids is 2. The molecule has 1 aromatic carbocycles. The summed E-state index contributed by atoms with van der Waals surface area (Å²) in [6.07, 6.45) is 1.22. The molecule has 0 aliphatic carbocycles. The maximum Gasteiger partial charge on any atom is 0.329 e. The predicted octanol–water partition coefficient (Wildman–Crippen LogP) is 2.19. The summed E-state index contributed by atoms with van der Waals surface area (Å²) in [7, 11) is 0. The van der Waals surface area contributed by atoms with Crippen LogP contribution in [0.4, 0.5) is 0 Å². The van der Waals surface area contributed by atoms with E-state index in [0.29, 0.717) is 27.1 Å². The van der Waals surface area contributed by atoms with Gasteiger partial charge in [0, 0.05) is 10.6 Å². The molecule has 8 heteroatoms. The summed E-state index contributed by atoms with van der Waals surface area (Å²) in [6, 6.07) is 8.28. The van der Waals surface area contributed by atoms with Crippen LogP contribution in [-0.4, -0.2) is 18.0 Å². The zero-order chi connectivity index (χ0) is 15.4. The van der Waals surface area contributed by atoms with Gasteiger partial charge in [-0.15, -0.1) is 0 Å². The maximum atomic E-state index is 10.9. The van der Waals surface area contributed by atoms with Crippen LogP contribution in [0, 0.1) is 0 Å². The van der Waals surface area contributed by atoms with Crippen LogP contribution >= 0.6 is 23.2 Å². The number of amides is 2. The Morgan fingerprint density at radius 3 is 2.71 bits per heavy atom. The molecule has 2 amide bonds. The Kier molecular flexibility index (Phi) is 4.62. The molecule has 0 aliphatic rings. The molecule has 0 saturated heterocycles. The Labute approximate surface area is 129 Å². The van der Waals surface area contributed by atoms with E-state index in [9.17, 15) is 9.59 Å². The fraction of sp³-hybridized carbons (Fsp3) is 0. The van der Waals surface area contributed by atoms with Gasteiger partial charge in [-0.2, -0.15) is 5.10 Å². The van der Waals surface area contributed by atoms with Gasteiger partial charge < -0.3 is 10.2 Å². The molecule has 0 bridgehead atoms. The van der Waals surface area contributed by atoms with Gasteiger partial charge in [0.15, 0.2) is 0 Å². The quantitative estimate of drug-likeness (QED) is 0.514. The molecule has 2 aromatic rings. The molecule has 0 radical (unpaired) electrons. The van der Waals surface area contributed by atoms with E-state index in [1.54, 1.807) is 30.3 Å². The molecule has 21 heavy (non-hydrogen) atoms. The highest BCUT2D eigenvalue weighted by Crippen LogP contribution is 2.31. The molecule has 6 nitrogen and oxygen atoms in total. The number of nitrogens with one attached hydrogen (secondary N) is 1. The summed E-state index contributed by atoms with van der Waals surface area (Å²) in [6.45, 7) is 0. The monoisotopic (exact) mass is 325 g/mol. The summed E-state index contributed by atoms with van der Waals surface area (Å²) in [5, 5.41) is 4.54. The molecule has 0 aliphatic heterocycles. The van der Waals surface area contributed by atoms with Crippen LogP contribution in [0.25, 0.3) is 11.3 Å². The van der Waals surface area contributed by atoms with E-state index < -0.39 is 11.8 Å². The fourth-order valence-corrected chi connectivity index (χ4v) is 1.85. The molecule has 108 valence electrons. The standard InChI is InChI=1S/C13H9Cl2N3O3/c14-7-1-3-10(15)9(5-7)11-4-2-8(21-11)6-17-18-13(20)12(16)19/h1-6H,(H2,16,19)(H,18,20)/b17-6+. The number of nitrogens with zero attached hydrogens (tertiary/aromatic N) is 1. The van der Waals surface area contributed by atoms with Crippen molar-refractivity contribution in [1.29, 1.82) is 0 Å². The van der Waals surface area contributed by atoms with Gasteiger partial charge >= 0.3 is 11.8 Å². The van der Waals surface area contributed by atoms with Crippen LogP contribution in [0.5, 0.6) is 0 Å². The summed E-state index contributed by atoms with van der Waals surface area (Å²) in [5.41, 5.74) is 7.33. The van der Waals surface area contributed by atoms with Gasteiger partial charge in [-0.3, -0.25) is 9.59 Å². The molecule has 1 heterocycles. The average Bonchev–Trinajstić information content (AvgIpc) is 2.90. The zero-order valence-electron chi connectivity index (χ0n) is 10.5. The Hall–Kier alpha value is -2.31. The summed E-state index contributed by atoms with van der Waals surface area (Å²) >= 11 is 12.0. The van der Waals surface area contributed by atoms with E-state index in [1.807, 2.05) is 5.43 Å². The van der Waals surface area contributed by atoms with E-state index in [4.69, 9.17) is 33.4 Å². The van der Waals surface area contributed by atoms with Crippen LogP contribution in [0.15, 0.2) is 39.9 Å². The molecule has 0 fully saturated rings. The second-order valence-electron chi connectivity index (χ2n) is 3.89. The summed E-state index contributed by atoms with van der Waals surface area (Å²) in [5.74, 6) is -1.30. The number of hydrogen-bond donors (Lipinski definition) is 2. The molecule has 0 unspecified atom stereocenters. The van der Waals surface area contributed by atoms with Crippen molar-refractivity contribution in [2.75, 3.05) is 0 Å². The zero-order valence-corrected chi connectivity index (χ0v) is 12.0. The third kappa shape index (κ3) is 3.84. The smallest absolute Gasteiger partial charge is 0.329 e. The second kappa shape index (κ2) is 6.43. The molecule has 0 atom stereocenters. The first-order valence-corrected chi connectivity index (χ1v) is 6.41. The number of primary amides is 1. The van der Waals surface area contributed by atoms with Crippen molar-refractivity contribution >= 4 is 41.2 Å². The Morgan fingerprint density at radius 1 is 1.24 bits per heavy atom. The largest absolute Gasteiger partial charge is 0.455 e. The lowest BCUT2D eigenvalue weighted by molar-refractivity contribution is -0.137. The highest BCUT2D eigenvalue weighted by atomic mass is 35.5. The Morgan fingerprint density at radius 2 is 2.00 bits per heavy atom.